The van der Waals surface area contributed by atoms with E-state index in [1.807, 2.05) is 0 Å². The van der Waals surface area contributed by atoms with Crippen LogP contribution in [0.4, 0.5) is 0 Å². The van der Waals surface area contributed by atoms with Crippen molar-refractivity contribution >= 4 is 0 Å². The van der Waals surface area contributed by atoms with Gasteiger partial charge in [-0.2, -0.15) is 0 Å². The van der Waals surface area contributed by atoms with Gasteiger partial charge < -0.3 is 10.2 Å². The molecule has 1 aliphatic carbocycles. The number of aliphatic hydroxyl groups is 2. The van der Waals surface area contributed by atoms with E-state index in [1.54, 1.807) is 0 Å². The first-order valence-electron chi connectivity index (χ1n) is 5.99. The predicted molar refractivity (Wildman–Crippen MR) is 62.5 cm³/mol. The summed E-state index contributed by atoms with van der Waals surface area (Å²) in [5.41, 5.74) is 1.21. The minimum Gasteiger partial charge on any atom is -0.396 e. The topological polar surface area (TPSA) is 40.5 Å². The molecule has 1 saturated carbocycles. The Morgan fingerprint density at radius 3 is 2.40 bits per heavy atom. The Morgan fingerprint density at radius 2 is 1.93 bits per heavy atom. The third-order valence-corrected chi connectivity index (χ3v) is 3.94. The Morgan fingerprint density at radius 1 is 1.33 bits per heavy atom. The number of rotatable bonds is 4. The van der Waals surface area contributed by atoms with Crippen molar-refractivity contribution in [3.05, 3.63) is 12.2 Å². The van der Waals surface area contributed by atoms with Crippen molar-refractivity contribution in [2.24, 2.45) is 23.7 Å². The first-order chi connectivity index (χ1) is 7.11. The molecule has 1 fully saturated rings. The standard InChI is InChI=1S/C13H24O2/c1-9(2)12-6-4-5-10(3)13(12)11(7-14)8-15/h10-15H,1,4-8H2,2-3H3/t10-,12-,13-/m1/s1. The molecule has 1 aliphatic rings. The second-order valence-electron chi connectivity index (χ2n) is 5.06. The van der Waals surface area contributed by atoms with Crippen LogP contribution in [0.3, 0.4) is 0 Å². The van der Waals surface area contributed by atoms with Crippen LogP contribution in [0.1, 0.15) is 33.1 Å². The van der Waals surface area contributed by atoms with E-state index >= 15 is 0 Å². The molecule has 0 radical (unpaired) electrons. The second kappa shape index (κ2) is 5.66. The average Bonchev–Trinajstić information content (AvgIpc) is 2.21. The molecule has 0 aromatic rings. The van der Waals surface area contributed by atoms with Crippen LogP contribution >= 0.6 is 0 Å². The molecule has 0 aromatic heterocycles. The van der Waals surface area contributed by atoms with Crippen molar-refractivity contribution in [1.82, 2.24) is 0 Å². The molecular weight excluding hydrogens is 188 g/mol. The minimum absolute atomic E-state index is 0.0296. The quantitative estimate of drug-likeness (QED) is 0.701. The third kappa shape index (κ3) is 2.82. The van der Waals surface area contributed by atoms with E-state index in [1.165, 1.54) is 24.8 Å². The van der Waals surface area contributed by atoms with Crippen molar-refractivity contribution in [3.63, 3.8) is 0 Å². The lowest BCUT2D eigenvalue weighted by molar-refractivity contribution is 0.0377. The fraction of sp³-hybridized carbons (Fsp3) is 0.846. The molecule has 3 atom stereocenters. The van der Waals surface area contributed by atoms with E-state index in [0.717, 1.165) is 0 Å². The first-order valence-corrected chi connectivity index (χ1v) is 5.99. The molecule has 0 saturated heterocycles. The lowest BCUT2D eigenvalue weighted by Crippen LogP contribution is -2.36. The van der Waals surface area contributed by atoms with Gasteiger partial charge in [-0.25, -0.2) is 0 Å². The largest absolute Gasteiger partial charge is 0.396 e. The van der Waals surface area contributed by atoms with Crippen molar-refractivity contribution in [1.29, 1.82) is 0 Å². The summed E-state index contributed by atoms with van der Waals surface area (Å²) in [4.78, 5) is 0. The van der Waals surface area contributed by atoms with Gasteiger partial charge in [-0.15, -0.1) is 0 Å². The van der Waals surface area contributed by atoms with Crippen molar-refractivity contribution in [2.45, 2.75) is 33.1 Å². The summed E-state index contributed by atoms with van der Waals surface area (Å²) in [6.07, 6.45) is 3.63. The molecule has 15 heavy (non-hydrogen) atoms. The van der Waals surface area contributed by atoms with Crippen LogP contribution in [-0.4, -0.2) is 23.4 Å². The van der Waals surface area contributed by atoms with Gasteiger partial charge in [0.2, 0.25) is 0 Å². The normalized spacial score (nSPS) is 31.9. The summed E-state index contributed by atoms with van der Waals surface area (Å²) in [5, 5.41) is 18.6. The van der Waals surface area contributed by atoms with Gasteiger partial charge in [0.15, 0.2) is 0 Å². The maximum atomic E-state index is 9.31. The summed E-state index contributed by atoms with van der Waals surface area (Å²) < 4.78 is 0. The van der Waals surface area contributed by atoms with Crippen LogP contribution < -0.4 is 0 Å². The molecule has 0 heterocycles. The molecule has 0 amide bonds. The summed E-state index contributed by atoms with van der Waals surface area (Å²) in [7, 11) is 0. The fourth-order valence-corrected chi connectivity index (χ4v) is 3.11. The predicted octanol–water partition coefficient (Wildman–Crippen LogP) is 2.22. The molecule has 0 spiro atoms. The smallest absolute Gasteiger partial charge is 0.0484 e. The lowest BCUT2D eigenvalue weighted by atomic mass is 9.65. The van der Waals surface area contributed by atoms with Gasteiger partial charge in [0.05, 0.1) is 0 Å². The Bertz CT molecular complexity index is 209. The van der Waals surface area contributed by atoms with Crippen LogP contribution in [0.15, 0.2) is 12.2 Å². The van der Waals surface area contributed by atoms with E-state index in [-0.39, 0.29) is 19.1 Å². The van der Waals surface area contributed by atoms with Crippen molar-refractivity contribution in [2.75, 3.05) is 13.2 Å². The van der Waals surface area contributed by atoms with Gasteiger partial charge in [0.1, 0.15) is 0 Å². The van der Waals surface area contributed by atoms with Crippen LogP contribution in [-0.2, 0) is 0 Å². The Kier molecular flexibility index (Phi) is 4.81. The van der Waals surface area contributed by atoms with Gasteiger partial charge in [0.25, 0.3) is 0 Å². The summed E-state index contributed by atoms with van der Waals surface area (Å²) in [6.45, 7) is 8.54. The van der Waals surface area contributed by atoms with Crippen molar-refractivity contribution in [3.8, 4) is 0 Å². The molecule has 0 bridgehead atoms. The number of hydrogen-bond acceptors (Lipinski definition) is 2. The van der Waals surface area contributed by atoms with Gasteiger partial charge in [-0.05, 0) is 31.1 Å². The zero-order chi connectivity index (χ0) is 11.4. The molecule has 2 heteroatoms. The van der Waals surface area contributed by atoms with Gasteiger partial charge in [-0.3, -0.25) is 0 Å². The Hall–Kier alpha value is -0.340. The first kappa shape index (κ1) is 12.7. The molecule has 2 nitrogen and oxygen atoms in total. The van der Waals surface area contributed by atoms with E-state index < -0.39 is 0 Å². The SMILES string of the molecule is C=C(C)[C@H]1CCC[C@@H](C)[C@@H]1C(CO)CO. The molecule has 0 aliphatic heterocycles. The Labute approximate surface area is 93.0 Å². The maximum Gasteiger partial charge on any atom is 0.0484 e. The molecule has 2 N–H and O–H groups in total. The van der Waals surface area contributed by atoms with Crippen LogP contribution in [0, 0.1) is 23.7 Å². The number of allylic oxidation sites excluding steroid dienone is 1. The van der Waals surface area contributed by atoms with E-state index in [2.05, 4.69) is 20.4 Å². The molecular formula is C13H24O2. The highest BCUT2D eigenvalue weighted by atomic mass is 16.3. The van der Waals surface area contributed by atoms with E-state index in [0.29, 0.717) is 17.8 Å². The second-order valence-corrected chi connectivity index (χ2v) is 5.06. The zero-order valence-corrected chi connectivity index (χ0v) is 9.95. The summed E-state index contributed by atoms with van der Waals surface area (Å²) in [6, 6.07) is 0. The van der Waals surface area contributed by atoms with Crippen LogP contribution in [0.2, 0.25) is 0 Å². The number of hydrogen-bond donors (Lipinski definition) is 2. The van der Waals surface area contributed by atoms with Gasteiger partial charge >= 0.3 is 0 Å². The molecule has 88 valence electrons. The average molecular weight is 212 g/mol. The molecule has 1 rings (SSSR count). The highest BCUT2D eigenvalue weighted by Crippen LogP contribution is 2.42. The van der Waals surface area contributed by atoms with Crippen molar-refractivity contribution < 1.29 is 10.2 Å². The highest BCUT2D eigenvalue weighted by Gasteiger charge is 2.36. The van der Waals surface area contributed by atoms with Gasteiger partial charge in [0, 0.05) is 19.1 Å². The number of aliphatic hydroxyl groups excluding tert-OH is 2. The van der Waals surface area contributed by atoms with Gasteiger partial charge in [-0.1, -0.05) is 31.9 Å². The summed E-state index contributed by atoms with van der Waals surface area (Å²) in [5.74, 6) is 1.51. The van der Waals surface area contributed by atoms with E-state index in [9.17, 15) is 10.2 Å². The Balaban J connectivity index is 2.80. The lowest BCUT2D eigenvalue weighted by Gasteiger charge is -2.41. The zero-order valence-electron chi connectivity index (χ0n) is 9.95. The molecule has 0 aromatic carbocycles. The van der Waals surface area contributed by atoms with E-state index in [4.69, 9.17) is 0 Å². The summed E-state index contributed by atoms with van der Waals surface area (Å²) >= 11 is 0. The monoisotopic (exact) mass is 212 g/mol. The fourth-order valence-electron chi connectivity index (χ4n) is 3.11. The highest BCUT2D eigenvalue weighted by molar-refractivity contribution is 5.03. The third-order valence-electron chi connectivity index (χ3n) is 3.94. The maximum absolute atomic E-state index is 9.31. The minimum atomic E-state index is 0.0296. The molecule has 0 unspecified atom stereocenters. The van der Waals surface area contributed by atoms with Crippen LogP contribution in [0.25, 0.3) is 0 Å². The van der Waals surface area contributed by atoms with Crippen LogP contribution in [0.5, 0.6) is 0 Å².